The van der Waals surface area contributed by atoms with Crippen LogP contribution < -0.4 is 11.1 Å². The quantitative estimate of drug-likeness (QED) is 0.331. The molecule has 2 aliphatic rings. The summed E-state index contributed by atoms with van der Waals surface area (Å²) in [5.41, 5.74) is 5.45. The van der Waals surface area contributed by atoms with Gasteiger partial charge in [0.05, 0.1) is 6.54 Å². The van der Waals surface area contributed by atoms with Crippen molar-refractivity contribution in [1.82, 2.24) is 10.2 Å². The molecule has 5 heteroatoms. The van der Waals surface area contributed by atoms with Gasteiger partial charge in [0.1, 0.15) is 0 Å². The van der Waals surface area contributed by atoms with Crippen LogP contribution in [0.4, 0.5) is 0 Å². The minimum Gasteiger partial charge on any atom is -0.343 e. The summed E-state index contributed by atoms with van der Waals surface area (Å²) in [6.07, 6.45) is 2.62. The Morgan fingerprint density at radius 2 is 2.07 bits per heavy atom. The first-order valence-corrected chi connectivity index (χ1v) is 6.30. The van der Waals surface area contributed by atoms with Gasteiger partial charge in [-0.2, -0.15) is 0 Å². The Morgan fingerprint density at radius 1 is 1.43 bits per heavy atom. The molecule has 2 bridgehead atoms. The van der Waals surface area contributed by atoms with E-state index in [1.807, 2.05) is 0 Å². The van der Waals surface area contributed by atoms with Gasteiger partial charge in [0.2, 0.25) is 0 Å². The summed E-state index contributed by atoms with van der Waals surface area (Å²) >= 11 is 2.35. The summed E-state index contributed by atoms with van der Waals surface area (Å²) in [5, 5.41) is 3.46. The fourth-order valence-corrected chi connectivity index (χ4v) is 3.35. The number of fused-ring (bicyclic) bond motifs is 2. The zero-order valence-corrected chi connectivity index (χ0v) is 10.4. The molecule has 2 aliphatic heterocycles. The molecular formula is C9H17IN4. The Hall–Kier alpha value is 0.120. The molecule has 3 N–H and O–H groups in total. The van der Waals surface area contributed by atoms with E-state index in [4.69, 9.17) is 5.73 Å². The smallest absolute Gasteiger partial charge is 0.163 e. The van der Waals surface area contributed by atoms with Gasteiger partial charge in [-0.05, 0) is 35.4 Å². The van der Waals surface area contributed by atoms with Gasteiger partial charge in [0.15, 0.2) is 3.84 Å². The number of hydrogen-bond acceptors (Lipinski definition) is 3. The van der Waals surface area contributed by atoms with Crippen LogP contribution >= 0.6 is 22.6 Å². The molecule has 0 spiro atoms. The van der Waals surface area contributed by atoms with E-state index in [0.717, 1.165) is 23.5 Å². The Balaban J connectivity index is 2.03. The summed E-state index contributed by atoms with van der Waals surface area (Å²) < 4.78 is 1.15. The maximum Gasteiger partial charge on any atom is 0.163 e. The molecule has 0 aromatic heterocycles. The number of amidine groups is 1. The summed E-state index contributed by atoms with van der Waals surface area (Å²) in [5.74, 6) is 0. The second-order valence-corrected chi connectivity index (χ2v) is 4.85. The van der Waals surface area contributed by atoms with Gasteiger partial charge in [0.25, 0.3) is 0 Å². The molecule has 2 fully saturated rings. The van der Waals surface area contributed by atoms with E-state index in [1.165, 1.54) is 12.8 Å². The summed E-state index contributed by atoms with van der Waals surface area (Å²) in [6.45, 7) is 3.62. The molecule has 14 heavy (non-hydrogen) atoms. The van der Waals surface area contributed by atoms with Crippen molar-refractivity contribution in [2.75, 3.05) is 26.2 Å². The van der Waals surface area contributed by atoms with Crippen LogP contribution in [0.2, 0.25) is 0 Å². The molecule has 80 valence electrons. The SMILES string of the molecule is NCC/N=C(/I)N1C2CCC1CNC2. The van der Waals surface area contributed by atoms with E-state index in [2.05, 4.69) is 37.8 Å². The Labute approximate surface area is 98.5 Å². The highest BCUT2D eigenvalue weighted by atomic mass is 127. The Morgan fingerprint density at radius 3 is 2.64 bits per heavy atom. The molecule has 2 heterocycles. The minimum absolute atomic E-state index is 0.647. The average molecular weight is 308 g/mol. The second-order valence-electron chi connectivity index (χ2n) is 3.89. The lowest BCUT2D eigenvalue weighted by atomic mass is 10.2. The maximum absolute atomic E-state index is 5.45. The summed E-state index contributed by atoms with van der Waals surface area (Å²) in [4.78, 5) is 6.96. The largest absolute Gasteiger partial charge is 0.343 e. The maximum atomic E-state index is 5.45. The number of hydrogen-bond donors (Lipinski definition) is 2. The molecule has 0 aromatic rings. The molecule has 0 aliphatic carbocycles. The van der Waals surface area contributed by atoms with Crippen LogP contribution in [0.1, 0.15) is 12.8 Å². The third kappa shape index (κ3) is 2.04. The topological polar surface area (TPSA) is 53.6 Å². The average Bonchev–Trinajstić information content (AvgIpc) is 2.45. The van der Waals surface area contributed by atoms with Crippen molar-refractivity contribution in [3.8, 4) is 0 Å². The van der Waals surface area contributed by atoms with Gasteiger partial charge in [-0.3, -0.25) is 4.99 Å². The minimum atomic E-state index is 0.647. The number of rotatable bonds is 2. The molecule has 0 saturated carbocycles. The van der Waals surface area contributed by atoms with Crippen LogP contribution in [0.3, 0.4) is 0 Å². The van der Waals surface area contributed by atoms with Crippen molar-refractivity contribution in [3.05, 3.63) is 0 Å². The number of halogens is 1. The summed E-state index contributed by atoms with van der Waals surface area (Å²) in [7, 11) is 0. The van der Waals surface area contributed by atoms with E-state index in [9.17, 15) is 0 Å². The van der Waals surface area contributed by atoms with Crippen molar-refractivity contribution in [3.63, 3.8) is 0 Å². The molecule has 2 atom stereocenters. The number of piperazine rings is 1. The van der Waals surface area contributed by atoms with Gasteiger partial charge in [-0.15, -0.1) is 0 Å². The van der Waals surface area contributed by atoms with Crippen LogP contribution in [0, 0.1) is 0 Å². The van der Waals surface area contributed by atoms with Crippen molar-refractivity contribution in [2.45, 2.75) is 24.9 Å². The molecule has 2 rings (SSSR count). The van der Waals surface area contributed by atoms with Gasteiger partial charge in [-0.1, -0.05) is 0 Å². The lowest BCUT2D eigenvalue weighted by Crippen LogP contribution is -2.52. The van der Waals surface area contributed by atoms with E-state index in [-0.39, 0.29) is 0 Å². The number of nitrogens with two attached hydrogens (primary N) is 1. The van der Waals surface area contributed by atoms with Gasteiger partial charge < -0.3 is 16.0 Å². The molecule has 2 unspecified atom stereocenters. The highest BCUT2D eigenvalue weighted by Gasteiger charge is 2.37. The zero-order valence-electron chi connectivity index (χ0n) is 8.25. The molecule has 0 aromatic carbocycles. The number of nitrogens with zero attached hydrogens (tertiary/aromatic N) is 2. The summed E-state index contributed by atoms with van der Waals surface area (Å²) in [6, 6.07) is 1.34. The van der Waals surface area contributed by atoms with E-state index in [0.29, 0.717) is 18.6 Å². The first-order chi connectivity index (χ1) is 6.83. The molecular weight excluding hydrogens is 291 g/mol. The lowest BCUT2D eigenvalue weighted by molar-refractivity contribution is 0.258. The predicted molar refractivity (Wildman–Crippen MR) is 66.9 cm³/mol. The van der Waals surface area contributed by atoms with Gasteiger partial charge in [0, 0.05) is 31.7 Å². The third-order valence-corrected chi connectivity index (χ3v) is 3.86. The van der Waals surface area contributed by atoms with Crippen LogP contribution in [0.5, 0.6) is 0 Å². The fourth-order valence-electron chi connectivity index (χ4n) is 2.32. The van der Waals surface area contributed by atoms with Crippen molar-refractivity contribution in [1.29, 1.82) is 0 Å². The Kier molecular flexibility index (Phi) is 3.62. The molecule has 0 amide bonds. The highest BCUT2D eigenvalue weighted by Crippen LogP contribution is 2.28. The van der Waals surface area contributed by atoms with Crippen LogP contribution in [0.15, 0.2) is 4.99 Å². The van der Waals surface area contributed by atoms with Crippen LogP contribution in [-0.4, -0.2) is 47.0 Å². The van der Waals surface area contributed by atoms with Crippen LogP contribution in [-0.2, 0) is 0 Å². The number of aliphatic imine (C=N–C) groups is 1. The fraction of sp³-hybridized carbons (Fsp3) is 0.889. The highest BCUT2D eigenvalue weighted by molar-refractivity contribution is 14.1. The van der Waals surface area contributed by atoms with Crippen molar-refractivity contribution in [2.24, 2.45) is 10.7 Å². The second kappa shape index (κ2) is 4.76. The monoisotopic (exact) mass is 308 g/mol. The van der Waals surface area contributed by atoms with E-state index >= 15 is 0 Å². The standard InChI is InChI=1S/C9H17IN4/c10-9(13-4-3-11)14-7-1-2-8(14)6-12-5-7/h7-8,12H,1-6,11H2/b13-9-. The van der Waals surface area contributed by atoms with Gasteiger partial charge >= 0.3 is 0 Å². The van der Waals surface area contributed by atoms with E-state index < -0.39 is 0 Å². The van der Waals surface area contributed by atoms with Gasteiger partial charge in [-0.25, -0.2) is 0 Å². The molecule has 0 radical (unpaired) electrons. The third-order valence-electron chi connectivity index (χ3n) is 2.96. The Bertz CT molecular complexity index is 215. The van der Waals surface area contributed by atoms with E-state index in [1.54, 1.807) is 0 Å². The van der Waals surface area contributed by atoms with Crippen molar-refractivity contribution < 1.29 is 0 Å². The number of nitrogens with one attached hydrogen (secondary N) is 1. The first-order valence-electron chi connectivity index (χ1n) is 5.22. The van der Waals surface area contributed by atoms with Crippen molar-refractivity contribution >= 4 is 26.4 Å². The molecule has 2 saturated heterocycles. The van der Waals surface area contributed by atoms with Crippen LogP contribution in [0.25, 0.3) is 0 Å². The zero-order chi connectivity index (χ0) is 9.97. The molecule has 4 nitrogen and oxygen atoms in total. The lowest BCUT2D eigenvalue weighted by Gasteiger charge is -2.35. The predicted octanol–water partition coefficient (Wildman–Crippen LogP) is 0.172. The normalized spacial score (nSPS) is 32.4. The first kappa shape index (κ1) is 10.6.